The molecular formula is C13H19N3. The zero-order valence-electron chi connectivity index (χ0n) is 9.89. The van der Waals surface area contributed by atoms with Crippen LogP contribution >= 0.6 is 0 Å². The average molecular weight is 217 g/mol. The highest BCUT2D eigenvalue weighted by Gasteiger charge is 2.34. The summed E-state index contributed by atoms with van der Waals surface area (Å²) in [5.74, 6) is 1.11. The van der Waals surface area contributed by atoms with Crippen LogP contribution in [-0.4, -0.2) is 22.1 Å². The molecule has 0 N–H and O–H groups in total. The zero-order valence-corrected chi connectivity index (χ0v) is 9.89. The minimum absolute atomic E-state index is 0.737. The van der Waals surface area contributed by atoms with Crippen LogP contribution in [0.2, 0.25) is 0 Å². The van der Waals surface area contributed by atoms with Crippen LogP contribution in [0.3, 0.4) is 0 Å². The van der Waals surface area contributed by atoms with Crippen molar-refractivity contribution >= 4 is 5.82 Å². The van der Waals surface area contributed by atoms with E-state index in [-0.39, 0.29) is 0 Å². The van der Waals surface area contributed by atoms with Crippen LogP contribution in [0.5, 0.6) is 0 Å². The first-order valence-electron chi connectivity index (χ1n) is 6.41. The van der Waals surface area contributed by atoms with Crippen LogP contribution in [-0.2, 0) is 0 Å². The number of hydrogen-bond acceptors (Lipinski definition) is 3. The predicted molar refractivity (Wildman–Crippen MR) is 64.5 cm³/mol. The predicted octanol–water partition coefficient (Wildman–Crippen LogP) is 2.70. The van der Waals surface area contributed by atoms with Crippen molar-refractivity contribution in [3.05, 3.63) is 18.1 Å². The van der Waals surface area contributed by atoms with Crippen LogP contribution in [0.25, 0.3) is 0 Å². The highest BCUT2D eigenvalue weighted by atomic mass is 15.3. The third kappa shape index (κ3) is 1.68. The van der Waals surface area contributed by atoms with Gasteiger partial charge in [0.25, 0.3) is 0 Å². The van der Waals surface area contributed by atoms with Gasteiger partial charge in [0.05, 0.1) is 11.9 Å². The molecule has 0 atom stereocenters. The van der Waals surface area contributed by atoms with E-state index in [4.69, 9.17) is 0 Å². The van der Waals surface area contributed by atoms with Gasteiger partial charge >= 0.3 is 0 Å². The molecule has 16 heavy (non-hydrogen) atoms. The average Bonchev–Trinajstić information content (AvgIpc) is 2.11. The fourth-order valence-electron chi connectivity index (χ4n) is 2.58. The molecule has 3 heteroatoms. The van der Waals surface area contributed by atoms with Crippen molar-refractivity contribution in [2.45, 2.75) is 57.5 Å². The number of rotatable bonds is 3. The molecule has 3 rings (SSSR count). The monoisotopic (exact) mass is 217 g/mol. The number of hydrogen-bond donors (Lipinski definition) is 0. The van der Waals surface area contributed by atoms with E-state index < -0.39 is 0 Å². The van der Waals surface area contributed by atoms with Gasteiger partial charge in [0.15, 0.2) is 0 Å². The van der Waals surface area contributed by atoms with Gasteiger partial charge < -0.3 is 4.90 Å². The van der Waals surface area contributed by atoms with E-state index in [0.717, 1.165) is 23.6 Å². The fourth-order valence-corrected chi connectivity index (χ4v) is 2.58. The summed E-state index contributed by atoms with van der Waals surface area (Å²) in [5.41, 5.74) is 1.03. The summed E-state index contributed by atoms with van der Waals surface area (Å²) >= 11 is 0. The molecule has 0 aromatic carbocycles. The molecule has 2 aliphatic rings. The van der Waals surface area contributed by atoms with E-state index in [1.807, 2.05) is 19.3 Å². The lowest BCUT2D eigenvalue weighted by Crippen LogP contribution is -2.50. The van der Waals surface area contributed by atoms with Gasteiger partial charge in [-0.25, -0.2) is 4.98 Å². The second-order valence-corrected chi connectivity index (χ2v) is 5.10. The first-order valence-corrected chi connectivity index (χ1v) is 6.41. The first kappa shape index (κ1) is 10.1. The lowest BCUT2D eigenvalue weighted by Gasteiger charge is -2.46. The van der Waals surface area contributed by atoms with Gasteiger partial charge in [-0.05, 0) is 45.4 Å². The van der Waals surface area contributed by atoms with Gasteiger partial charge in [-0.2, -0.15) is 0 Å². The van der Waals surface area contributed by atoms with Crippen LogP contribution in [0.15, 0.2) is 12.4 Å². The Morgan fingerprint density at radius 1 is 1.06 bits per heavy atom. The smallest absolute Gasteiger partial charge is 0.147 e. The maximum Gasteiger partial charge on any atom is 0.147 e. The van der Waals surface area contributed by atoms with Crippen molar-refractivity contribution < 1.29 is 0 Å². The van der Waals surface area contributed by atoms with Crippen molar-refractivity contribution in [1.29, 1.82) is 0 Å². The van der Waals surface area contributed by atoms with E-state index in [2.05, 4.69) is 14.9 Å². The molecule has 1 aromatic heterocycles. The Morgan fingerprint density at radius 3 is 2.12 bits per heavy atom. The summed E-state index contributed by atoms with van der Waals surface area (Å²) in [5, 5.41) is 0. The molecule has 0 amide bonds. The van der Waals surface area contributed by atoms with Crippen molar-refractivity contribution in [2.24, 2.45) is 0 Å². The van der Waals surface area contributed by atoms with Gasteiger partial charge in [0.1, 0.15) is 5.82 Å². The van der Waals surface area contributed by atoms with Gasteiger partial charge in [0, 0.05) is 18.3 Å². The standard InChI is InChI=1S/C13H19N3/c1-10-8-14-9-13(15-10)16(11-4-2-5-11)12-6-3-7-12/h8-9,11-12H,2-7H2,1H3. The lowest BCUT2D eigenvalue weighted by atomic mass is 9.84. The topological polar surface area (TPSA) is 29.0 Å². The summed E-state index contributed by atoms with van der Waals surface area (Å²) < 4.78 is 0. The molecule has 2 aliphatic carbocycles. The van der Waals surface area contributed by atoms with Crippen LogP contribution in [0.4, 0.5) is 5.82 Å². The van der Waals surface area contributed by atoms with Crippen molar-refractivity contribution in [1.82, 2.24) is 9.97 Å². The molecule has 0 saturated heterocycles. The Kier molecular flexibility index (Phi) is 2.54. The zero-order chi connectivity index (χ0) is 11.0. The van der Waals surface area contributed by atoms with Gasteiger partial charge in [-0.1, -0.05) is 0 Å². The van der Waals surface area contributed by atoms with Crippen molar-refractivity contribution in [3.8, 4) is 0 Å². The Morgan fingerprint density at radius 2 is 1.69 bits per heavy atom. The van der Waals surface area contributed by atoms with Crippen molar-refractivity contribution in [2.75, 3.05) is 4.90 Å². The minimum atomic E-state index is 0.737. The molecule has 2 saturated carbocycles. The molecule has 2 fully saturated rings. The molecule has 0 bridgehead atoms. The molecule has 1 heterocycles. The highest BCUT2D eigenvalue weighted by molar-refractivity contribution is 5.41. The first-order chi connectivity index (χ1) is 7.84. The summed E-state index contributed by atoms with van der Waals surface area (Å²) in [6.07, 6.45) is 11.9. The van der Waals surface area contributed by atoms with E-state index in [1.165, 1.54) is 38.5 Å². The number of aromatic nitrogens is 2. The molecule has 0 unspecified atom stereocenters. The van der Waals surface area contributed by atoms with Gasteiger partial charge in [-0.15, -0.1) is 0 Å². The molecule has 3 nitrogen and oxygen atoms in total. The number of anilines is 1. The van der Waals surface area contributed by atoms with E-state index in [9.17, 15) is 0 Å². The molecule has 86 valence electrons. The van der Waals surface area contributed by atoms with Gasteiger partial charge in [-0.3, -0.25) is 4.98 Å². The van der Waals surface area contributed by atoms with E-state index >= 15 is 0 Å². The normalized spacial score (nSPS) is 21.3. The molecule has 0 aliphatic heterocycles. The highest BCUT2D eigenvalue weighted by Crippen LogP contribution is 2.36. The van der Waals surface area contributed by atoms with Crippen LogP contribution in [0, 0.1) is 6.92 Å². The minimum Gasteiger partial charge on any atom is -0.349 e. The third-order valence-electron chi connectivity index (χ3n) is 3.94. The number of nitrogens with zero attached hydrogens (tertiary/aromatic N) is 3. The Balaban J connectivity index is 1.85. The Hall–Kier alpha value is -1.12. The summed E-state index contributed by atoms with van der Waals surface area (Å²) in [4.78, 5) is 11.5. The summed E-state index contributed by atoms with van der Waals surface area (Å²) in [7, 11) is 0. The van der Waals surface area contributed by atoms with Gasteiger partial charge in [0.2, 0.25) is 0 Å². The lowest BCUT2D eigenvalue weighted by molar-refractivity contribution is 0.294. The Bertz CT molecular complexity index is 355. The van der Waals surface area contributed by atoms with Crippen molar-refractivity contribution in [3.63, 3.8) is 0 Å². The second-order valence-electron chi connectivity index (χ2n) is 5.10. The summed E-state index contributed by atoms with van der Waals surface area (Å²) in [6.45, 7) is 2.02. The largest absolute Gasteiger partial charge is 0.349 e. The maximum atomic E-state index is 4.64. The summed E-state index contributed by atoms with van der Waals surface area (Å²) in [6, 6.07) is 1.47. The van der Waals surface area contributed by atoms with Crippen LogP contribution < -0.4 is 4.90 Å². The number of aryl methyl sites for hydroxylation is 1. The quantitative estimate of drug-likeness (QED) is 0.779. The Labute approximate surface area is 96.9 Å². The van der Waals surface area contributed by atoms with E-state index in [1.54, 1.807) is 0 Å². The SMILES string of the molecule is Cc1cncc(N(C2CCC2)C2CCC2)n1. The molecular weight excluding hydrogens is 198 g/mol. The molecule has 0 radical (unpaired) electrons. The second kappa shape index (κ2) is 4.04. The van der Waals surface area contributed by atoms with E-state index in [0.29, 0.717) is 0 Å². The maximum absolute atomic E-state index is 4.64. The van der Waals surface area contributed by atoms with Crippen LogP contribution in [0.1, 0.15) is 44.2 Å². The fraction of sp³-hybridized carbons (Fsp3) is 0.692. The molecule has 0 spiro atoms. The molecule has 1 aromatic rings. The third-order valence-corrected chi connectivity index (χ3v) is 3.94.